The molecule has 210 valence electrons. The van der Waals surface area contributed by atoms with Gasteiger partial charge in [-0.2, -0.15) is 0 Å². The highest BCUT2D eigenvalue weighted by atomic mass is 16.5. The summed E-state index contributed by atoms with van der Waals surface area (Å²) in [5, 5.41) is 17.8. The molecule has 0 unspecified atom stereocenters. The monoisotopic (exact) mass is 498 g/mol. The van der Waals surface area contributed by atoms with Crippen molar-refractivity contribution in [2.45, 2.75) is 180 Å². The first-order chi connectivity index (χ1) is 17.2. The van der Waals surface area contributed by atoms with E-state index < -0.39 is 6.10 Å². The Morgan fingerprint density at radius 2 is 0.829 bits per heavy atom. The zero-order chi connectivity index (χ0) is 25.7. The van der Waals surface area contributed by atoms with Gasteiger partial charge in [0.15, 0.2) is 0 Å². The van der Waals surface area contributed by atoms with Gasteiger partial charge in [0.1, 0.15) is 12.7 Å². The molecule has 0 aromatic heterocycles. The molecule has 0 aliphatic rings. The molecule has 0 aromatic carbocycles. The normalized spacial score (nSPS) is 12.2. The Bertz CT molecular complexity index is 413. The highest BCUT2D eigenvalue weighted by Gasteiger charge is 2.07. The highest BCUT2D eigenvalue weighted by molar-refractivity contribution is 5.69. The molecule has 0 saturated heterocycles. The highest BCUT2D eigenvalue weighted by Crippen LogP contribution is 2.16. The van der Waals surface area contributed by atoms with E-state index in [-0.39, 0.29) is 19.2 Å². The first-order valence-electron chi connectivity index (χ1n) is 15.6. The molecule has 0 amide bonds. The van der Waals surface area contributed by atoms with E-state index >= 15 is 0 Å². The fourth-order valence-corrected chi connectivity index (χ4v) is 4.72. The number of hydrogen-bond acceptors (Lipinski definition) is 4. The third kappa shape index (κ3) is 29.5. The third-order valence-corrected chi connectivity index (χ3v) is 7.13. The largest absolute Gasteiger partial charge is 0.463 e. The topological polar surface area (TPSA) is 66.8 Å². The first kappa shape index (κ1) is 34.4. The summed E-state index contributed by atoms with van der Waals surface area (Å²) >= 11 is 0. The van der Waals surface area contributed by atoms with E-state index in [1.807, 2.05) is 0 Å². The van der Waals surface area contributed by atoms with Gasteiger partial charge in [-0.15, -0.1) is 0 Å². The molecule has 1 atom stereocenters. The summed E-state index contributed by atoms with van der Waals surface area (Å²) in [7, 11) is 0. The van der Waals surface area contributed by atoms with Crippen LogP contribution in [-0.2, 0) is 9.53 Å². The van der Waals surface area contributed by atoms with Gasteiger partial charge in [-0.05, 0) is 6.42 Å². The van der Waals surface area contributed by atoms with Crippen LogP contribution in [0.3, 0.4) is 0 Å². The summed E-state index contributed by atoms with van der Waals surface area (Å²) in [6.07, 6.45) is 33.7. The Morgan fingerprint density at radius 1 is 0.543 bits per heavy atom. The average molecular weight is 499 g/mol. The lowest BCUT2D eigenvalue weighted by Crippen LogP contribution is -2.21. The van der Waals surface area contributed by atoms with Gasteiger partial charge in [0, 0.05) is 6.42 Å². The van der Waals surface area contributed by atoms with Crippen LogP contribution < -0.4 is 0 Å². The van der Waals surface area contributed by atoms with Crippen molar-refractivity contribution >= 4 is 5.97 Å². The Hall–Kier alpha value is -0.610. The van der Waals surface area contributed by atoms with Gasteiger partial charge in [0.05, 0.1) is 6.61 Å². The zero-order valence-electron chi connectivity index (χ0n) is 23.6. The van der Waals surface area contributed by atoms with Crippen molar-refractivity contribution in [3.63, 3.8) is 0 Å². The molecule has 0 rings (SSSR count). The molecule has 0 aliphatic carbocycles. The molecule has 0 aliphatic heterocycles. The maximum absolute atomic E-state index is 11.5. The smallest absolute Gasteiger partial charge is 0.305 e. The number of carbonyl (C=O) groups is 1. The maximum Gasteiger partial charge on any atom is 0.305 e. The van der Waals surface area contributed by atoms with Crippen LogP contribution in [0.4, 0.5) is 0 Å². The number of rotatable bonds is 29. The second-order valence-electron chi connectivity index (χ2n) is 10.8. The molecular formula is C31H62O4. The number of carbonyl (C=O) groups excluding carboxylic acids is 1. The molecule has 0 spiro atoms. The quantitative estimate of drug-likeness (QED) is 0.0797. The summed E-state index contributed by atoms with van der Waals surface area (Å²) in [4.78, 5) is 11.5. The SMILES string of the molecule is CCCCCCCCCCCCCCCCCCCCCCCCCCCC(=O)OC[C@H](O)CO. The molecule has 0 aromatic rings. The fourth-order valence-electron chi connectivity index (χ4n) is 4.72. The molecule has 35 heavy (non-hydrogen) atoms. The third-order valence-electron chi connectivity index (χ3n) is 7.13. The van der Waals surface area contributed by atoms with Crippen molar-refractivity contribution in [3.05, 3.63) is 0 Å². The summed E-state index contributed by atoms with van der Waals surface area (Å²) in [6, 6.07) is 0. The first-order valence-corrected chi connectivity index (χ1v) is 15.6. The van der Waals surface area contributed by atoms with Crippen LogP contribution in [0, 0.1) is 0 Å². The summed E-state index contributed by atoms with van der Waals surface area (Å²) in [6.45, 7) is 1.82. The Morgan fingerprint density at radius 3 is 1.11 bits per heavy atom. The van der Waals surface area contributed by atoms with Crippen molar-refractivity contribution in [2.75, 3.05) is 13.2 Å². The van der Waals surface area contributed by atoms with Crippen LogP contribution in [0.25, 0.3) is 0 Å². The van der Waals surface area contributed by atoms with Crippen LogP contribution in [0.5, 0.6) is 0 Å². The van der Waals surface area contributed by atoms with E-state index in [2.05, 4.69) is 6.92 Å². The number of esters is 1. The lowest BCUT2D eigenvalue weighted by atomic mass is 10.0. The lowest BCUT2D eigenvalue weighted by Gasteiger charge is -2.08. The molecule has 0 fully saturated rings. The fraction of sp³-hybridized carbons (Fsp3) is 0.968. The van der Waals surface area contributed by atoms with Gasteiger partial charge >= 0.3 is 5.97 Å². The minimum Gasteiger partial charge on any atom is -0.463 e. The lowest BCUT2D eigenvalue weighted by molar-refractivity contribution is -0.147. The van der Waals surface area contributed by atoms with E-state index in [9.17, 15) is 4.79 Å². The molecule has 0 heterocycles. The van der Waals surface area contributed by atoms with Crippen molar-refractivity contribution < 1.29 is 19.7 Å². The Labute approximate surface area is 219 Å². The summed E-state index contributed by atoms with van der Waals surface area (Å²) in [5.41, 5.74) is 0. The molecule has 2 N–H and O–H groups in total. The van der Waals surface area contributed by atoms with Crippen molar-refractivity contribution in [2.24, 2.45) is 0 Å². The number of hydrogen-bond donors (Lipinski definition) is 2. The van der Waals surface area contributed by atoms with E-state index in [1.165, 1.54) is 148 Å². The minimum absolute atomic E-state index is 0.102. The second kappa shape index (κ2) is 29.6. The molecule has 4 heteroatoms. The Kier molecular flexibility index (Phi) is 29.1. The summed E-state index contributed by atoms with van der Waals surface area (Å²) in [5.74, 6) is -0.272. The second-order valence-corrected chi connectivity index (χ2v) is 10.8. The van der Waals surface area contributed by atoms with Crippen molar-refractivity contribution in [3.8, 4) is 0 Å². The van der Waals surface area contributed by atoms with Crippen molar-refractivity contribution in [1.29, 1.82) is 0 Å². The van der Waals surface area contributed by atoms with E-state index in [1.54, 1.807) is 0 Å². The minimum atomic E-state index is -0.956. The van der Waals surface area contributed by atoms with Crippen LogP contribution in [0.2, 0.25) is 0 Å². The molecule has 0 bridgehead atoms. The summed E-state index contributed by atoms with van der Waals surface area (Å²) < 4.78 is 4.90. The number of unbranched alkanes of at least 4 members (excludes halogenated alkanes) is 24. The van der Waals surface area contributed by atoms with Crippen molar-refractivity contribution in [1.82, 2.24) is 0 Å². The van der Waals surface area contributed by atoms with E-state index in [4.69, 9.17) is 14.9 Å². The zero-order valence-corrected chi connectivity index (χ0v) is 23.6. The van der Waals surface area contributed by atoms with Crippen LogP contribution in [0.1, 0.15) is 174 Å². The van der Waals surface area contributed by atoms with E-state index in [0.29, 0.717) is 6.42 Å². The molecular weight excluding hydrogens is 436 g/mol. The number of ether oxygens (including phenoxy) is 1. The molecule has 0 saturated carbocycles. The van der Waals surface area contributed by atoms with Gasteiger partial charge in [-0.25, -0.2) is 0 Å². The van der Waals surface area contributed by atoms with Crippen LogP contribution in [0.15, 0.2) is 0 Å². The average Bonchev–Trinajstić information content (AvgIpc) is 2.87. The number of aliphatic hydroxyl groups excluding tert-OH is 2. The van der Waals surface area contributed by atoms with E-state index in [0.717, 1.165) is 12.8 Å². The predicted octanol–water partition coefficient (Wildman–Crippen LogP) is 9.05. The van der Waals surface area contributed by atoms with Crippen LogP contribution in [-0.4, -0.2) is 35.5 Å². The van der Waals surface area contributed by atoms with Gasteiger partial charge in [0.25, 0.3) is 0 Å². The molecule has 4 nitrogen and oxygen atoms in total. The standard InChI is InChI=1S/C31H62O4/c1-2-3-4-5-6-7-8-9-10-11-12-13-14-15-16-17-18-19-20-21-22-23-24-25-26-27-31(34)35-29-30(33)28-32/h30,32-33H,2-29H2,1H3/t30-/m1/s1. The Balaban J connectivity index is 3.09. The van der Waals surface area contributed by atoms with Gasteiger partial charge in [-0.3, -0.25) is 4.79 Å². The van der Waals surface area contributed by atoms with Crippen LogP contribution >= 0.6 is 0 Å². The van der Waals surface area contributed by atoms with Gasteiger partial charge < -0.3 is 14.9 Å². The number of aliphatic hydroxyl groups is 2. The predicted molar refractivity (Wildman–Crippen MR) is 150 cm³/mol. The van der Waals surface area contributed by atoms with Gasteiger partial charge in [0.2, 0.25) is 0 Å². The molecule has 0 radical (unpaired) electrons. The van der Waals surface area contributed by atoms with Gasteiger partial charge in [-0.1, -0.05) is 161 Å². The maximum atomic E-state index is 11.5.